The van der Waals surface area contributed by atoms with E-state index in [9.17, 15) is 0 Å². The fraction of sp³-hybridized carbons (Fsp3) is 0.533. The normalized spacial score (nSPS) is 11.4. The summed E-state index contributed by atoms with van der Waals surface area (Å²) in [6.45, 7) is 9.02. The third-order valence-corrected chi connectivity index (χ3v) is 4.97. The summed E-state index contributed by atoms with van der Waals surface area (Å²) in [4.78, 5) is 0. The largest absolute Gasteiger partial charge is 0.234 e. The minimum atomic E-state index is 1.15. The summed E-state index contributed by atoms with van der Waals surface area (Å²) < 4.78 is 3.80. The van der Waals surface area contributed by atoms with E-state index in [1.807, 2.05) is 11.3 Å². The quantitative estimate of drug-likeness (QED) is 0.726. The van der Waals surface area contributed by atoms with Crippen LogP contribution in [0.5, 0.6) is 0 Å². The third kappa shape index (κ3) is 1.99. The first-order valence-corrected chi connectivity index (χ1v) is 7.32. The summed E-state index contributed by atoms with van der Waals surface area (Å²) in [6.07, 6.45) is 3.58. The molecule has 0 saturated carbocycles. The third-order valence-electron chi connectivity index (χ3n) is 3.68. The number of benzene rings is 1. The second-order valence-electron chi connectivity index (χ2n) is 4.77. The molecule has 0 saturated heterocycles. The SMILES string of the molecule is CCCc1cc2c(sc(C)[n+]2C)c(C)c1CC. The lowest BCUT2D eigenvalue weighted by atomic mass is 9.96. The first kappa shape index (κ1) is 12.6. The van der Waals surface area contributed by atoms with Gasteiger partial charge in [0.25, 0.3) is 0 Å². The van der Waals surface area contributed by atoms with Crippen LogP contribution in [0.1, 0.15) is 42.0 Å². The smallest absolute Gasteiger partial charge is 0.189 e. The highest BCUT2D eigenvalue weighted by molar-refractivity contribution is 7.18. The molecular weight excluding hydrogens is 226 g/mol. The van der Waals surface area contributed by atoms with Crippen LogP contribution in [0, 0.1) is 13.8 Å². The van der Waals surface area contributed by atoms with Crippen LogP contribution in [0.4, 0.5) is 0 Å². The molecule has 0 aliphatic carbocycles. The van der Waals surface area contributed by atoms with E-state index in [2.05, 4.69) is 45.4 Å². The molecule has 2 heteroatoms. The molecule has 2 aromatic rings. The van der Waals surface area contributed by atoms with Crippen LogP contribution in [0.3, 0.4) is 0 Å². The van der Waals surface area contributed by atoms with E-state index in [-0.39, 0.29) is 0 Å². The molecule has 0 fully saturated rings. The molecule has 0 aliphatic heterocycles. The number of aromatic nitrogens is 1. The van der Waals surface area contributed by atoms with Gasteiger partial charge in [-0.15, -0.1) is 0 Å². The Balaban J connectivity index is 2.78. The number of hydrogen-bond donors (Lipinski definition) is 0. The highest BCUT2D eigenvalue weighted by Gasteiger charge is 2.18. The molecule has 17 heavy (non-hydrogen) atoms. The van der Waals surface area contributed by atoms with Crippen molar-refractivity contribution >= 4 is 21.6 Å². The highest BCUT2D eigenvalue weighted by atomic mass is 32.1. The maximum absolute atomic E-state index is 2.41. The van der Waals surface area contributed by atoms with E-state index < -0.39 is 0 Å². The van der Waals surface area contributed by atoms with Gasteiger partial charge in [0.1, 0.15) is 11.7 Å². The zero-order valence-electron chi connectivity index (χ0n) is 11.6. The molecule has 0 aliphatic rings. The van der Waals surface area contributed by atoms with Crippen LogP contribution in [0.2, 0.25) is 0 Å². The summed E-state index contributed by atoms with van der Waals surface area (Å²) in [5, 5.41) is 1.39. The van der Waals surface area contributed by atoms with Crippen LogP contribution >= 0.6 is 11.3 Å². The minimum absolute atomic E-state index is 1.15. The fourth-order valence-electron chi connectivity index (χ4n) is 2.64. The van der Waals surface area contributed by atoms with Crippen LogP contribution in [-0.4, -0.2) is 0 Å². The van der Waals surface area contributed by atoms with Gasteiger partial charge in [-0.2, -0.15) is 4.57 Å². The zero-order valence-corrected chi connectivity index (χ0v) is 12.4. The summed E-state index contributed by atoms with van der Waals surface area (Å²) in [5.41, 5.74) is 6.03. The Labute approximate surface area is 108 Å². The average Bonchev–Trinajstić information content (AvgIpc) is 2.58. The zero-order chi connectivity index (χ0) is 12.6. The van der Waals surface area contributed by atoms with Crippen molar-refractivity contribution in [3.63, 3.8) is 0 Å². The molecule has 2 rings (SSSR count). The van der Waals surface area contributed by atoms with Gasteiger partial charge < -0.3 is 0 Å². The van der Waals surface area contributed by atoms with E-state index in [0.717, 1.165) is 6.42 Å². The number of aryl methyl sites for hydroxylation is 4. The molecule has 92 valence electrons. The molecule has 1 heterocycles. The van der Waals surface area contributed by atoms with Gasteiger partial charge in [-0.3, -0.25) is 0 Å². The maximum Gasteiger partial charge on any atom is 0.234 e. The molecule has 0 N–H and O–H groups in total. The van der Waals surface area contributed by atoms with Crippen LogP contribution in [0.15, 0.2) is 6.07 Å². The van der Waals surface area contributed by atoms with Gasteiger partial charge in [-0.25, -0.2) is 0 Å². The molecular formula is C15H22NS+. The predicted octanol–water partition coefficient (Wildman–Crippen LogP) is 3.86. The molecule has 0 amide bonds. The van der Waals surface area contributed by atoms with Gasteiger partial charge in [-0.1, -0.05) is 31.6 Å². The van der Waals surface area contributed by atoms with Crippen molar-refractivity contribution in [3.05, 3.63) is 27.8 Å². The predicted molar refractivity (Wildman–Crippen MR) is 75.8 cm³/mol. The molecule has 0 bridgehead atoms. The van der Waals surface area contributed by atoms with Crippen LogP contribution in [0.25, 0.3) is 10.2 Å². The Morgan fingerprint density at radius 1 is 1.24 bits per heavy atom. The fourth-order valence-corrected chi connectivity index (χ4v) is 3.74. The van der Waals surface area contributed by atoms with E-state index in [4.69, 9.17) is 0 Å². The number of hydrogen-bond acceptors (Lipinski definition) is 1. The number of nitrogens with zero attached hydrogens (tertiary/aromatic N) is 1. The van der Waals surface area contributed by atoms with Crippen molar-refractivity contribution in [2.45, 2.75) is 47.0 Å². The van der Waals surface area contributed by atoms with Crippen LogP contribution in [-0.2, 0) is 19.9 Å². The Morgan fingerprint density at radius 2 is 1.94 bits per heavy atom. The van der Waals surface area contributed by atoms with Crippen LogP contribution < -0.4 is 4.57 Å². The van der Waals surface area contributed by atoms with Crippen molar-refractivity contribution in [2.75, 3.05) is 0 Å². The lowest BCUT2D eigenvalue weighted by Crippen LogP contribution is -2.29. The number of rotatable bonds is 3. The molecule has 0 atom stereocenters. The van der Waals surface area contributed by atoms with E-state index in [1.54, 1.807) is 11.1 Å². The average molecular weight is 248 g/mol. The van der Waals surface area contributed by atoms with Crippen molar-refractivity contribution in [2.24, 2.45) is 7.05 Å². The Hall–Kier alpha value is -0.890. The van der Waals surface area contributed by atoms with E-state index in [0.29, 0.717) is 0 Å². The lowest BCUT2D eigenvalue weighted by Gasteiger charge is -2.09. The summed E-state index contributed by atoms with van der Waals surface area (Å²) in [5.74, 6) is 0. The Morgan fingerprint density at radius 3 is 2.53 bits per heavy atom. The Kier molecular flexibility index (Phi) is 3.53. The van der Waals surface area contributed by atoms with Gasteiger partial charge in [0, 0.05) is 13.0 Å². The monoisotopic (exact) mass is 248 g/mol. The standard InChI is InChI=1S/C15H22NS/c1-6-8-12-9-14-15(10(3)13(12)7-2)17-11(4)16(14)5/h9H,6-8H2,1-5H3/q+1. The second-order valence-corrected chi connectivity index (χ2v) is 5.97. The summed E-state index contributed by atoms with van der Waals surface area (Å²) >= 11 is 1.92. The van der Waals surface area contributed by atoms with Gasteiger partial charge in [0.2, 0.25) is 10.5 Å². The number of fused-ring (bicyclic) bond motifs is 1. The molecule has 1 nitrogen and oxygen atoms in total. The molecule has 0 spiro atoms. The van der Waals surface area contributed by atoms with Gasteiger partial charge in [0.05, 0.1) is 0 Å². The second kappa shape index (κ2) is 4.77. The topological polar surface area (TPSA) is 3.88 Å². The molecule has 0 unspecified atom stereocenters. The van der Waals surface area contributed by atoms with Gasteiger partial charge >= 0.3 is 0 Å². The van der Waals surface area contributed by atoms with Crippen molar-refractivity contribution in [3.8, 4) is 0 Å². The molecule has 1 aromatic carbocycles. The maximum atomic E-state index is 2.41. The van der Waals surface area contributed by atoms with E-state index >= 15 is 0 Å². The van der Waals surface area contributed by atoms with Crippen molar-refractivity contribution < 1.29 is 4.57 Å². The first-order valence-electron chi connectivity index (χ1n) is 6.50. The summed E-state index contributed by atoms with van der Waals surface area (Å²) in [6, 6.07) is 2.41. The molecule has 1 aromatic heterocycles. The first-order chi connectivity index (χ1) is 8.10. The Bertz CT molecular complexity index is 552. The number of thiazole rings is 1. The minimum Gasteiger partial charge on any atom is -0.189 e. The van der Waals surface area contributed by atoms with Gasteiger partial charge in [0.15, 0.2) is 0 Å². The van der Waals surface area contributed by atoms with Gasteiger partial charge in [-0.05, 0) is 36.5 Å². The van der Waals surface area contributed by atoms with Crippen molar-refractivity contribution in [1.29, 1.82) is 0 Å². The summed E-state index contributed by atoms with van der Waals surface area (Å²) in [7, 11) is 2.18. The van der Waals surface area contributed by atoms with E-state index in [1.165, 1.54) is 33.6 Å². The molecule has 0 radical (unpaired) electrons. The van der Waals surface area contributed by atoms with Crippen molar-refractivity contribution in [1.82, 2.24) is 0 Å². The lowest BCUT2D eigenvalue weighted by molar-refractivity contribution is -0.646. The highest BCUT2D eigenvalue weighted by Crippen LogP contribution is 2.29.